The van der Waals surface area contributed by atoms with E-state index in [0.717, 1.165) is 63.5 Å². The third-order valence-corrected chi connectivity index (χ3v) is 10.7. The van der Waals surface area contributed by atoms with Gasteiger partial charge in [-0.05, 0) is 71.9 Å². The van der Waals surface area contributed by atoms with E-state index >= 15 is 0 Å². The SMILES string of the molecule is CCC(C)(C)c1ccc(OCCCCNC(=O)CSc2nnc3c4ccccc4n(Cc4ccc(Br)cc4)c3n2)c(C(C)(C)CC)c1. The first-order chi connectivity index (χ1) is 22.5. The van der Waals surface area contributed by atoms with Crippen molar-refractivity contribution < 1.29 is 9.53 Å². The van der Waals surface area contributed by atoms with Crippen LogP contribution in [0.4, 0.5) is 0 Å². The highest BCUT2D eigenvalue weighted by Crippen LogP contribution is 2.38. The van der Waals surface area contributed by atoms with Crippen molar-refractivity contribution in [3.8, 4) is 5.75 Å². The van der Waals surface area contributed by atoms with Crippen LogP contribution in [-0.4, -0.2) is 44.6 Å². The van der Waals surface area contributed by atoms with Gasteiger partial charge in [0.2, 0.25) is 11.1 Å². The first-order valence-electron chi connectivity index (χ1n) is 16.6. The van der Waals surface area contributed by atoms with Crippen LogP contribution in [0, 0.1) is 0 Å². The van der Waals surface area contributed by atoms with Gasteiger partial charge in [-0.3, -0.25) is 4.79 Å². The van der Waals surface area contributed by atoms with Gasteiger partial charge in [0.25, 0.3) is 0 Å². The summed E-state index contributed by atoms with van der Waals surface area (Å²) in [6.07, 6.45) is 3.81. The Morgan fingerprint density at radius 1 is 0.936 bits per heavy atom. The monoisotopic (exact) mass is 715 g/mol. The molecule has 0 fully saturated rings. The van der Waals surface area contributed by atoms with E-state index in [-0.39, 0.29) is 22.5 Å². The number of hydrogen-bond acceptors (Lipinski definition) is 6. The van der Waals surface area contributed by atoms with Gasteiger partial charge in [-0.1, -0.05) is 112 Å². The Bertz CT molecular complexity index is 1830. The van der Waals surface area contributed by atoms with E-state index in [1.807, 2.05) is 30.3 Å². The van der Waals surface area contributed by atoms with E-state index in [1.54, 1.807) is 0 Å². The van der Waals surface area contributed by atoms with E-state index in [9.17, 15) is 4.79 Å². The third-order valence-electron chi connectivity index (χ3n) is 9.35. The molecule has 0 bridgehead atoms. The molecule has 0 aliphatic heterocycles. The summed E-state index contributed by atoms with van der Waals surface area (Å²) < 4.78 is 9.51. The van der Waals surface area contributed by atoms with Crippen molar-refractivity contribution in [3.05, 3.63) is 87.9 Å². The average molecular weight is 717 g/mol. The number of amides is 1. The highest BCUT2D eigenvalue weighted by molar-refractivity contribution is 9.10. The molecule has 0 unspecified atom stereocenters. The average Bonchev–Trinajstić information content (AvgIpc) is 3.38. The van der Waals surface area contributed by atoms with Crippen LogP contribution in [-0.2, 0) is 22.2 Å². The standard InChI is InChI=1S/C38H46BrN5O2S/c1-7-37(3,4)27-17-20-32(30(23-27)38(5,6)8-2)46-22-12-11-21-40-33(45)25-47-36-41-35-34(42-43-36)29-13-9-10-14-31(29)44(35)24-26-15-18-28(39)19-16-26/h9-10,13-20,23H,7-8,11-12,21-22,24-25H2,1-6H3,(H,40,45). The molecule has 248 valence electrons. The van der Waals surface area contributed by atoms with Crippen LogP contribution >= 0.6 is 27.7 Å². The Morgan fingerprint density at radius 3 is 2.43 bits per heavy atom. The molecule has 7 nitrogen and oxygen atoms in total. The quantitative estimate of drug-likeness (QED) is 0.0860. The van der Waals surface area contributed by atoms with E-state index in [0.29, 0.717) is 24.9 Å². The van der Waals surface area contributed by atoms with Crippen molar-refractivity contribution in [2.75, 3.05) is 18.9 Å². The summed E-state index contributed by atoms with van der Waals surface area (Å²) in [6.45, 7) is 15.5. The zero-order valence-electron chi connectivity index (χ0n) is 28.4. The maximum Gasteiger partial charge on any atom is 0.230 e. The summed E-state index contributed by atoms with van der Waals surface area (Å²) in [6, 6.07) is 23.1. The predicted molar refractivity (Wildman–Crippen MR) is 198 cm³/mol. The van der Waals surface area contributed by atoms with Gasteiger partial charge >= 0.3 is 0 Å². The normalized spacial score (nSPS) is 12.1. The number of aromatic nitrogens is 4. The predicted octanol–water partition coefficient (Wildman–Crippen LogP) is 9.23. The minimum absolute atomic E-state index is 0.0284. The molecule has 0 spiro atoms. The fourth-order valence-electron chi connectivity index (χ4n) is 5.50. The Labute approximate surface area is 291 Å². The van der Waals surface area contributed by atoms with Crippen LogP contribution in [0.1, 0.15) is 83.9 Å². The van der Waals surface area contributed by atoms with Gasteiger partial charge in [0.05, 0.1) is 17.9 Å². The molecule has 2 heterocycles. The molecule has 3 aromatic carbocycles. The second-order valence-electron chi connectivity index (χ2n) is 13.4. The van der Waals surface area contributed by atoms with Crippen LogP contribution in [0.5, 0.6) is 5.75 Å². The summed E-state index contributed by atoms with van der Waals surface area (Å²) in [4.78, 5) is 17.5. The Morgan fingerprint density at radius 2 is 1.68 bits per heavy atom. The molecule has 0 radical (unpaired) electrons. The summed E-state index contributed by atoms with van der Waals surface area (Å²) in [5, 5.41) is 13.4. The molecule has 0 aliphatic rings. The number of halogens is 1. The van der Waals surface area contributed by atoms with Crippen LogP contribution < -0.4 is 10.1 Å². The molecule has 5 aromatic rings. The Hall–Kier alpha value is -3.43. The lowest BCUT2D eigenvalue weighted by Crippen LogP contribution is -2.26. The van der Waals surface area contributed by atoms with Gasteiger partial charge in [-0.15, -0.1) is 10.2 Å². The lowest BCUT2D eigenvalue weighted by Gasteiger charge is -2.30. The number of nitrogens with zero attached hydrogens (tertiary/aromatic N) is 4. The highest BCUT2D eigenvalue weighted by atomic mass is 79.9. The number of fused-ring (bicyclic) bond motifs is 3. The molecule has 5 rings (SSSR count). The van der Waals surface area contributed by atoms with Crippen molar-refractivity contribution >= 4 is 55.7 Å². The molecule has 0 aliphatic carbocycles. The van der Waals surface area contributed by atoms with Gasteiger partial charge in [-0.25, -0.2) is 4.98 Å². The fraction of sp³-hybridized carbons (Fsp3) is 0.421. The number of carbonyl (C=O) groups excluding carboxylic acids is 1. The second-order valence-corrected chi connectivity index (χ2v) is 15.2. The second kappa shape index (κ2) is 15.2. The van der Waals surface area contributed by atoms with Gasteiger partial charge in [0.1, 0.15) is 11.3 Å². The van der Waals surface area contributed by atoms with Crippen molar-refractivity contribution in [2.24, 2.45) is 0 Å². The van der Waals surface area contributed by atoms with Gasteiger partial charge in [0, 0.05) is 28.5 Å². The smallest absolute Gasteiger partial charge is 0.230 e. The zero-order valence-corrected chi connectivity index (χ0v) is 30.8. The largest absolute Gasteiger partial charge is 0.493 e. The molecule has 9 heteroatoms. The van der Waals surface area contributed by atoms with Crippen LogP contribution in [0.15, 0.2) is 76.4 Å². The lowest BCUT2D eigenvalue weighted by atomic mass is 9.76. The molecule has 0 saturated carbocycles. The van der Waals surface area contributed by atoms with Crippen molar-refractivity contribution in [1.82, 2.24) is 25.1 Å². The van der Waals surface area contributed by atoms with E-state index in [2.05, 4.69) is 114 Å². The van der Waals surface area contributed by atoms with Gasteiger partial charge in [-0.2, -0.15) is 0 Å². The fourth-order valence-corrected chi connectivity index (χ4v) is 6.38. The number of para-hydroxylation sites is 1. The highest BCUT2D eigenvalue weighted by Gasteiger charge is 2.26. The van der Waals surface area contributed by atoms with Crippen LogP contribution in [0.25, 0.3) is 22.1 Å². The molecule has 1 N–H and O–H groups in total. The summed E-state index contributed by atoms with van der Waals surface area (Å²) in [5.41, 5.74) is 6.53. The van der Waals surface area contributed by atoms with Gasteiger partial charge in [0.15, 0.2) is 5.65 Å². The van der Waals surface area contributed by atoms with E-state index in [1.165, 1.54) is 22.9 Å². The maximum atomic E-state index is 12.7. The summed E-state index contributed by atoms with van der Waals surface area (Å²) in [7, 11) is 0. The minimum atomic E-state index is -0.0452. The van der Waals surface area contributed by atoms with Crippen LogP contribution in [0.3, 0.4) is 0 Å². The molecule has 2 aromatic heterocycles. The topological polar surface area (TPSA) is 81.9 Å². The number of rotatable bonds is 15. The first kappa shape index (κ1) is 34.9. The number of benzene rings is 3. The lowest BCUT2D eigenvalue weighted by molar-refractivity contribution is -0.118. The van der Waals surface area contributed by atoms with Crippen molar-refractivity contribution in [1.29, 1.82) is 0 Å². The third kappa shape index (κ3) is 8.36. The molecule has 1 amide bonds. The molecule has 47 heavy (non-hydrogen) atoms. The molecular weight excluding hydrogens is 670 g/mol. The summed E-state index contributed by atoms with van der Waals surface area (Å²) >= 11 is 4.82. The van der Waals surface area contributed by atoms with Crippen molar-refractivity contribution in [3.63, 3.8) is 0 Å². The van der Waals surface area contributed by atoms with Gasteiger partial charge < -0.3 is 14.6 Å². The Balaban J connectivity index is 1.13. The molecular formula is C38H46BrN5O2S. The van der Waals surface area contributed by atoms with Crippen LogP contribution in [0.2, 0.25) is 0 Å². The number of ether oxygens (including phenoxy) is 1. The number of carbonyl (C=O) groups is 1. The number of nitrogens with one attached hydrogen (secondary N) is 1. The van der Waals surface area contributed by atoms with E-state index in [4.69, 9.17) is 9.72 Å². The number of hydrogen-bond donors (Lipinski definition) is 1. The van der Waals surface area contributed by atoms with Crippen molar-refractivity contribution in [2.45, 2.75) is 89.8 Å². The van der Waals surface area contributed by atoms with E-state index < -0.39 is 0 Å². The summed E-state index contributed by atoms with van der Waals surface area (Å²) in [5.74, 6) is 1.15. The molecule has 0 saturated heterocycles. The Kier molecular flexibility index (Phi) is 11.3. The zero-order chi connectivity index (χ0) is 33.6. The molecule has 0 atom stereocenters. The maximum absolute atomic E-state index is 12.7. The number of unbranched alkanes of at least 4 members (excludes halogenated alkanes) is 1. The minimum Gasteiger partial charge on any atom is -0.493 e. The first-order valence-corrected chi connectivity index (χ1v) is 18.3. The number of thioether (sulfide) groups is 1.